The maximum atomic E-state index is 13.1. The van der Waals surface area contributed by atoms with Gasteiger partial charge < -0.3 is 9.30 Å². The fraction of sp³-hybridized carbons (Fsp3) is 0.150. The Morgan fingerprint density at radius 1 is 1.11 bits per heavy atom. The maximum absolute atomic E-state index is 13.1. The molecule has 27 heavy (non-hydrogen) atoms. The number of nitro benzene ring substituents is 1. The monoisotopic (exact) mass is 368 g/mol. The highest BCUT2D eigenvalue weighted by atomic mass is 19.1. The minimum atomic E-state index is -0.491. The molecule has 1 heterocycles. The second-order valence-corrected chi connectivity index (χ2v) is 6.10. The van der Waals surface area contributed by atoms with E-state index in [0.717, 1.165) is 11.4 Å². The molecule has 0 saturated heterocycles. The van der Waals surface area contributed by atoms with E-state index in [1.165, 1.54) is 24.3 Å². The summed E-state index contributed by atoms with van der Waals surface area (Å²) in [6, 6.07) is 13.6. The summed E-state index contributed by atoms with van der Waals surface area (Å²) in [4.78, 5) is 22.6. The summed E-state index contributed by atoms with van der Waals surface area (Å²) in [6.07, 6.45) is 0. The largest absolute Gasteiger partial charge is 0.457 e. The molecule has 0 amide bonds. The van der Waals surface area contributed by atoms with Crippen LogP contribution in [0.15, 0.2) is 54.6 Å². The number of nitro groups is 1. The van der Waals surface area contributed by atoms with E-state index < -0.39 is 10.9 Å². The molecule has 7 heteroatoms. The third-order valence-electron chi connectivity index (χ3n) is 4.25. The minimum absolute atomic E-state index is 0.0110. The van der Waals surface area contributed by atoms with Crippen LogP contribution in [0.3, 0.4) is 0 Å². The first-order valence-electron chi connectivity index (χ1n) is 8.22. The van der Waals surface area contributed by atoms with Crippen molar-refractivity contribution >= 4 is 11.7 Å². The summed E-state index contributed by atoms with van der Waals surface area (Å²) in [5.41, 5.74) is 3.31. The molecule has 0 radical (unpaired) electrons. The Hall–Kier alpha value is -3.48. The van der Waals surface area contributed by atoms with Gasteiger partial charge in [-0.2, -0.15) is 0 Å². The molecule has 0 spiro atoms. The van der Waals surface area contributed by atoms with Gasteiger partial charge in [0.05, 0.1) is 10.5 Å². The average molecular weight is 368 g/mol. The number of carbonyl (C=O) groups is 1. The van der Waals surface area contributed by atoms with Gasteiger partial charge in [-0.05, 0) is 61.9 Å². The second-order valence-electron chi connectivity index (χ2n) is 6.10. The Bertz CT molecular complexity index is 992. The summed E-state index contributed by atoms with van der Waals surface area (Å²) in [5.74, 6) is -0.821. The number of rotatable bonds is 5. The lowest BCUT2D eigenvalue weighted by atomic mass is 10.2. The fourth-order valence-electron chi connectivity index (χ4n) is 2.90. The molecule has 138 valence electrons. The lowest BCUT2D eigenvalue weighted by Crippen LogP contribution is -2.07. The standard InChI is InChI=1S/C20H17FN2O4/c1-13-11-19(14(2)22(13)17-9-5-16(21)6-10-17)20(24)27-12-15-3-7-18(8-4-15)23(25)26/h3-11H,12H2,1-2H3. The van der Waals surface area contributed by atoms with Gasteiger partial charge in [-0.15, -0.1) is 0 Å². The molecular weight excluding hydrogens is 351 g/mol. The van der Waals surface area contributed by atoms with E-state index in [9.17, 15) is 19.3 Å². The van der Waals surface area contributed by atoms with Gasteiger partial charge >= 0.3 is 5.97 Å². The fourth-order valence-corrected chi connectivity index (χ4v) is 2.90. The topological polar surface area (TPSA) is 74.4 Å². The van der Waals surface area contributed by atoms with Crippen molar-refractivity contribution in [1.29, 1.82) is 0 Å². The van der Waals surface area contributed by atoms with Gasteiger partial charge in [0.25, 0.3) is 5.69 Å². The van der Waals surface area contributed by atoms with Crippen LogP contribution >= 0.6 is 0 Å². The molecule has 6 nitrogen and oxygen atoms in total. The van der Waals surface area contributed by atoms with Crippen molar-refractivity contribution in [2.24, 2.45) is 0 Å². The number of halogens is 1. The second kappa shape index (κ2) is 7.41. The first-order valence-corrected chi connectivity index (χ1v) is 8.22. The number of nitrogens with zero attached hydrogens (tertiary/aromatic N) is 2. The van der Waals surface area contributed by atoms with Crippen LogP contribution in [0.2, 0.25) is 0 Å². The molecule has 0 atom stereocenters. The molecule has 3 aromatic rings. The van der Waals surface area contributed by atoms with Crippen LogP contribution in [0.5, 0.6) is 0 Å². The SMILES string of the molecule is Cc1cc(C(=O)OCc2ccc([N+](=O)[O-])cc2)c(C)n1-c1ccc(F)cc1. The predicted molar refractivity (Wildman–Crippen MR) is 97.4 cm³/mol. The smallest absolute Gasteiger partial charge is 0.340 e. The molecule has 0 fully saturated rings. The van der Waals surface area contributed by atoms with Crippen LogP contribution < -0.4 is 0 Å². The van der Waals surface area contributed by atoms with Crippen molar-refractivity contribution < 1.29 is 18.8 Å². The first-order chi connectivity index (χ1) is 12.9. The first kappa shape index (κ1) is 18.3. The van der Waals surface area contributed by atoms with E-state index in [0.29, 0.717) is 16.8 Å². The number of carbonyl (C=O) groups excluding carboxylic acids is 1. The van der Waals surface area contributed by atoms with Gasteiger partial charge in [-0.1, -0.05) is 0 Å². The van der Waals surface area contributed by atoms with E-state index in [1.807, 2.05) is 11.5 Å². The number of ether oxygens (including phenoxy) is 1. The summed E-state index contributed by atoms with van der Waals surface area (Å²) >= 11 is 0. The molecule has 0 aliphatic rings. The van der Waals surface area contributed by atoms with Gasteiger partial charge in [0, 0.05) is 29.2 Å². The van der Waals surface area contributed by atoms with Gasteiger partial charge in [-0.25, -0.2) is 9.18 Å². The number of hydrogen-bond donors (Lipinski definition) is 0. The molecule has 0 aliphatic carbocycles. The van der Waals surface area contributed by atoms with E-state index in [1.54, 1.807) is 37.3 Å². The number of aryl methyl sites for hydroxylation is 1. The highest BCUT2D eigenvalue weighted by molar-refractivity contribution is 5.91. The zero-order valence-electron chi connectivity index (χ0n) is 14.8. The van der Waals surface area contributed by atoms with Crippen LogP contribution in [0, 0.1) is 29.8 Å². The molecule has 0 saturated carbocycles. The lowest BCUT2D eigenvalue weighted by molar-refractivity contribution is -0.384. The Morgan fingerprint density at radius 2 is 1.74 bits per heavy atom. The van der Waals surface area contributed by atoms with Gasteiger partial charge in [0.1, 0.15) is 12.4 Å². The van der Waals surface area contributed by atoms with Crippen molar-refractivity contribution in [2.45, 2.75) is 20.5 Å². The minimum Gasteiger partial charge on any atom is -0.457 e. The van der Waals surface area contributed by atoms with Crippen molar-refractivity contribution in [3.05, 3.63) is 93.0 Å². The third-order valence-corrected chi connectivity index (χ3v) is 4.25. The molecular formula is C20H17FN2O4. The highest BCUT2D eigenvalue weighted by Crippen LogP contribution is 2.22. The number of non-ortho nitro benzene ring substituents is 1. The van der Waals surface area contributed by atoms with Crippen LogP contribution in [0.4, 0.5) is 10.1 Å². The Morgan fingerprint density at radius 3 is 2.33 bits per heavy atom. The average Bonchev–Trinajstić information content (AvgIpc) is 2.95. The van der Waals surface area contributed by atoms with E-state index in [4.69, 9.17) is 4.74 Å². The van der Waals surface area contributed by atoms with Crippen molar-refractivity contribution in [2.75, 3.05) is 0 Å². The summed E-state index contributed by atoms with van der Waals surface area (Å²) in [6.45, 7) is 3.65. The molecule has 0 bridgehead atoms. The Kier molecular flexibility index (Phi) is 5.03. The number of benzene rings is 2. The molecule has 2 aromatic carbocycles. The normalized spacial score (nSPS) is 10.6. The summed E-state index contributed by atoms with van der Waals surface area (Å²) in [7, 11) is 0. The number of aromatic nitrogens is 1. The quantitative estimate of drug-likeness (QED) is 0.378. The molecule has 0 aliphatic heterocycles. The molecule has 3 rings (SSSR count). The number of hydrogen-bond acceptors (Lipinski definition) is 4. The lowest BCUT2D eigenvalue weighted by Gasteiger charge is -2.10. The highest BCUT2D eigenvalue weighted by Gasteiger charge is 2.18. The van der Waals surface area contributed by atoms with Crippen LogP contribution in [0.25, 0.3) is 5.69 Å². The Labute approximate surface area is 155 Å². The van der Waals surface area contributed by atoms with E-state index in [-0.39, 0.29) is 18.1 Å². The Balaban J connectivity index is 1.76. The maximum Gasteiger partial charge on any atom is 0.340 e. The predicted octanol–water partition coefficient (Wildman–Crippen LogP) is 4.50. The van der Waals surface area contributed by atoms with Crippen molar-refractivity contribution in [3.8, 4) is 5.69 Å². The van der Waals surface area contributed by atoms with Crippen molar-refractivity contribution in [3.63, 3.8) is 0 Å². The van der Waals surface area contributed by atoms with Gasteiger partial charge in [0.2, 0.25) is 0 Å². The zero-order chi connectivity index (χ0) is 19.6. The van der Waals surface area contributed by atoms with Gasteiger partial charge in [-0.3, -0.25) is 10.1 Å². The number of esters is 1. The molecule has 1 aromatic heterocycles. The van der Waals surface area contributed by atoms with E-state index >= 15 is 0 Å². The van der Waals surface area contributed by atoms with Gasteiger partial charge in [0.15, 0.2) is 0 Å². The van der Waals surface area contributed by atoms with E-state index in [2.05, 4.69) is 0 Å². The van der Waals surface area contributed by atoms with Crippen LogP contribution in [-0.2, 0) is 11.3 Å². The summed E-state index contributed by atoms with van der Waals surface area (Å²) < 4.78 is 20.3. The van der Waals surface area contributed by atoms with Crippen LogP contribution in [-0.4, -0.2) is 15.5 Å². The summed E-state index contributed by atoms with van der Waals surface area (Å²) in [5, 5.41) is 10.7. The molecule has 0 unspecified atom stereocenters. The third kappa shape index (κ3) is 3.87. The molecule has 0 N–H and O–H groups in total. The zero-order valence-corrected chi connectivity index (χ0v) is 14.8. The van der Waals surface area contributed by atoms with Crippen molar-refractivity contribution in [1.82, 2.24) is 4.57 Å². The van der Waals surface area contributed by atoms with Crippen LogP contribution in [0.1, 0.15) is 27.3 Å².